The predicted molar refractivity (Wildman–Crippen MR) is 108 cm³/mol. The van der Waals surface area contributed by atoms with Crippen LogP contribution in [0, 0.1) is 0 Å². The first-order chi connectivity index (χ1) is 13.3. The largest absolute Gasteiger partial charge is 0.482 e. The molecule has 2 heterocycles. The molecule has 0 saturated carbocycles. The Balaban J connectivity index is 1.54. The van der Waals surface area contributed by atoms with E-state index in [0.29, 0.717) is 42.6 Å². The van der Waals surface area contributed by atoms with E-state index in [2.05, 4.69) is 10.2 Å². The van der Waals surface area contributed by atoms with Crippen molar-refractivity contribution in [2.24, 2.45) is 0 Å². The fourth-order valence-corrected chi connectivity index (χ4v) is 5.40. The third-order valence-electron chi connectivity index (χ3n) is 4.70. The molecule has 0 unspecified atom stereocenters. The number of hydrogen-bond acceptors (Lipinski definition) is 5. The molecule has 0 aromatic heterocycles. The Bertz CT molecular complexity index is 1040. The number of benzene rings is 2. The quantitative estimate of drug-likeness (QED) is 0.791. The maximum Gasteiger partial charge on any atom is 0.262 e. The number of fused-ring (bicyclic) bond motifs is 1. The smallest absolute Gasteiger partial charge is 0.262 e. The highest BCUT2D eigenvalue weighted by molar-refractivity contribution is 7.89. The van der Waals surface area contributed by atoms with Crippen LogP contribution in [0.2, 0.25) is 10.0 Å². The fraction of sp³-hybridized carbons (Fsp3) is 0.278. The summed E-state index contributed by atoms with van der Waals surface area (Å²) in [5.74, 6) is -0.0172. The number of nitrogens with zero attached hydrogens (tertiary/aromatic N) is 2. The molecule has 0 atom stereocenters. The zero-order chi connectivity index (χ0) is 19.9. The molecular weight excluding hydrogens is 425 g/mol. The van der Waals surface area contributed by atoms with Crippen molar-refractivity contribution >= 4 is 50.5 Å². The van der Waals surface area contributed by atoms with Crippen LogP contribution >= 0.6 is 23.2 Å². The van der Waals surface area contributed by atoms with Crippen molar-refractivity contribution in [3.63, 3.8) is 0 Å². The van der Waals surface area contributed by atoms with E-state index in [1.165, 1.54) is 16.4 Å². The lowest BCUT2D eigenvalue weighted by Gasteiger charge is -2.35. The molecule has 2 aliphatic heterocycles. The number of sulfonamides is 1. The van der Waals surface area contributed by atoms with Gasteiger partial charge < -0.3 is 15.0 Å². The van der Waals surface area contributed by atoms with Crippen molar-refractivity contribution in [2.75, 3.05) is 43.0 Å². The van der Waals surface area contributed by atoms with Gasteiger partial charge in [0, 0.05) is 43.0 Å². The number of halogens is 2. The van der Waals surface area contributed by atoms with Crippen LogP contribution in [-0.2, 0) is 14.8 Å². The van der Waals surface area contributed by atoms with Crippen molar-refractivity contribution < 1.29 is 17.9 Å². The van der Waals surface area contributed by atoms with Gasteiger partial charge in [0.05, 0.1) is 10.7 Å². The summed E-state index contributed by atoms with van der Waals surface area (Å²) < 4.78 is 33.0. The summed E-state index contributed by atoms with van der Waals surface area (Å²) in [4.78, 5) is 13.5. The summed E-state index contributed by atoms with van der Waals surface area (Å²) in [6, 6.07) is 10.2. The van der Waals surface area contributed by atoms with Gasteiger partial charge in [0.25, 0.3) is 5.91 Å². The third-order valence-corrected chi connectivity index (χ3v) is 7.30. The van der Waals surface area contributed by atoms with Crippen LogP contribution in [0.5, 0.6) is 5.75 Å². The Labute approximate surface area is 172 Å². The van der Waals surface area contributed by atoms with Gasteiger partial charge in [-0.05, 0) is 24.3 Å². The second kappa shape index (κ2) is 7.44. The maximum absolute atomic E-state index is 13.1. The van der Waals surface area contributed by atoms with E-state index in [1.54, 1.807) is 6.07 Å². The molecule has 2 aromatic rings. The summed E-state index contributed by atoms with van der Waals surface area (Å²) in [5, 5.41) is 3.30. The molecule has 0 radical (unpaired) electrons. The topological polar surface area (TPSA) is 79.0 Å². The van der Waals surface area contributed by atoms with Gasteiger partial charge in [-0.2, -0.15) is 4.31 Å². The molecule has 0 spiro atoms. The van der Waals surface area contributed by atoms with E-state index in [4.69, 9.17) is 27.9 Å². The monoisotopic (exact) mass is 441 g/mol. The maximum atomic E-state index is 13.1. The average Bonchev–Trinajstić information content (AvgIpc) is 2.67. The predicted octanol–water partition coefficient (Wildman–Crippen LogP) is 2.84. The molecule has 1 N–H and O–H groups in total. The highest BCUT2D eigenvalue weighted by Crippen LogP contribution is 2.37. The molecular formula is C18H17Cl2N3O4S. The zero-order valence-electron chi connectivity index (χ0n) is 14.7. The number of rotatable bonds is 3. The van der Waals surface area contributed by atoms with E-state index in [0.717, 1.165) is 5.69 Å². The van der Waals surface area contributed by atoms with Crippen molar-refractivity contribution in [3.8, 4) is 5.75 Å². The summed E-state index contributed by atoms with van der Waals surface area (Å²) in [7, 11) is -3.80. The van der Waals surface area contributed by atoms with Crippen LogP contribution in [0.1, 0.15) is 0 Å². The van der Waals surface area contributed by atoms with Crippen molar-refractivity contribution in [1.82, 2.24) is 4.31 Å². The van der Waals surface area contributed by atoms with Crippen LogP contribution in [0.25, 0.3) is 0 Å². The number of amides is 1. The SMILES string of the molecule is O=C1COc2cc(S(=O)(=O)N3CCN(c4cccc(Cl)c4)CC3)c(Cl)cc2N1. The van der Waals surface area contributed by atoms with Crippen molar-refractivity contribution in [2.45, 2.75) is 4.90 Å². The van der Waals surface area contributed by atoms with E-state index < -0.39 is 10.0 Å². The van der Waals surface area contributed by atoms with Gasteiger partial charge in [-0.15, -0.1) is 0 Å². The number of piperazine rings is 1. The second-order valence-corrected chi connectivity index (χ2v) is 9.24. The number of nitrogens with one attached hydrogen (secondary N) is 1. The summed E-state index contributed by atoms with van der Waals surface area (Å²) in [5.41, 5.74) is 1.33. The average molecular weight is 442 g/mol. The molecule has 0 bridgehead atoms. The van der Waals surface area contributed by atoms with Gasteiger partial charge in [0.2, 0.25) is 10.0 Å². The van der Waals surface area contributed by atoms with E-state index in [9.17, 15) is 13.2 Å². The van der Waals surface area contributed by atoms with Crippen LogP contribution in [0.4, 0.5) is 11.4 Å². The molecule has 10 heteroatoms. The van der Waals surface area contributed by atoms with Gasteiger partial charge in [0.15, 0.2) is 6.61 Å². The molecule has 2 aliphatic rings. The Kier molecular flexibility index (Phi) is 5.13. The summed E-state index contributed by atoms with van der Waals surface area (Å²) in [6.45, 7) is 1.55. The minimum Gasteiger partial charge on any atom is -0.482 e. The molecule has 28 heavy (non-hydrogen) atoms. The fourth-order valence-electron chi connectivity index (χ4n) is 3.28. The van der Waals surface area contributed by atoms with Crippen LogP contribution in [0.15, 0.2) is 41.3 Å². The number of anilines is 2. The Morgan fingerprint density at radius 2 is 1.79 bits per heavy atom. The van der Waals surface area contributed by atoms with Gasteiger partial charge >= 0.3 is 0 Å². The number of hydrogen-bond donors (Lipinski definition) is 1. The minimum absolute atomic E-state index is 0.0275. The minimum atomic E-state index is -3.80. The van der Waals surface area contributed by atoms with Gasteiger partial charge in [-0.25, -0.2) is 8.42 Å². The normalized spacial score (nSPS) is 17.6. The first-order valence-corrected chi connectivity index (χ1v) is 10.8. The van der Waals surface area contributed by atoms with Crippen LogP contribution in [0.3, 0.4) is 0 Å². The van der Waals surface area contributed by atoms with Crippen LogP contribution < -0.4 is 15.0 Å². The zero-order valence-corrected chi connectivity index (χ0v) is 17.0. The lowest BCUT2D eigenvalue weighted by molar-refractivity contribution is -0.118. The number of carbonyl (C=O) groups is 1. The Hall–Kier alpha value is -2.00. The summed E-state index contributed by atoms with van der Waals surface area (Å²) in [6.07, 6.45) is 0. The third kappa shape index (κ3) is 3.65. The van der Waals surface area contributed by atoms with Gasteiger partial charge in [0.1, 0.15) is 10.6 Å². The molecule has 1 amide bonds. The highest BCUT2D eigenvalue weighted by Gasteiger charge is 2.32. The summed E-state index contributed by atoms with van der Waals surface area (Å²) >= 11 is 12.3. The first-order valence-electron chi connectivity index (χ1n) is 8.61. The standard InChI is InChI=1S/C18H17Cl2N3O4S/c19-12-2-1-3-13(8-12)22-4-6-23(7-5-22)28(25,26)17-10-16-15(9-14(17)20)21-18(24)11-27-16/h1-3,8-10H,4-7,11H2,(H,21,24). The van der Waals surface area contributed by atoms with Crippen molar-refractivity contribution in [3.05, 3.63) is 46.4 Å². The molecule has 148 valence electrons. The van der Waals surface area contributed by atoms with E-state index in [1.807, 2.05) is 18.2 Å². The molecule has 2 aromatic carbocycles. The van der Waals surface area contributed by atoms with E-state index in [-0.39, 0.29) is 22.4 Å². The lowest BCUT2D eigenvalue weighted by atomic mass is 10.2. The number of ether oxygens (including phenoxy) is 1. The molecule has 1 saturated heterocycles. The van der Waals surface area contributed by atoms with Crippen molar-refractivity contribution in [1.29, 1.82) is 0 Å². The highest BCUT2D eigenvalue weighted by atomic mass is 35.5. The Morgan fingerprint density at radius 3 is 2.50 bits per heavy atom. The molecule has 0 aliphatic carbocycles. The molecule has 1 fully saturated rings. The van der Waals surface area contributed by atoms with Gasteiger partial charge in [-0.3, -0.25) is 4.79 Å². The van der Waals surface area contributed by atoms with Crippen LogP contribution in [-0.4, -0.2) is 51.4 Å². The van der Waals surface area contributed by atoms with E-state index >= 15 is 0 Å². The Morgan fingerprint density at radius 1 is 1.04 bits per heavy atom. The second-order valence-electron chi connectivity index (χ2n) is 6.49. The molecule has 7 nitrogen and oxygen atoms in total. The lowest BCUT2D eigenvalue weighted by Crippen LogP contribution is -2.48. The van der Waals surface area contributed by atoms with Gasteiger partial charge in [-0.1, -0.05) is 29.3 Å². The first kappa shape index (κ1) is 19.3. The number of carbonyl (C=O) groups excluding carboxylic acids is 1. The molecule has 4 rings (SSSR count).